The molecule has 0 saturated carbocycles. The summed E-state index contributed by atoms with van der Waals surface area (Å²) >= 11 is 0. The molecule has 0 amide bonds. The van der Waals surface area contributed by atoms with Crippen LogP contribution in [0.3, 0.4) is 0 Å². The van der Waals surface area contributed by atoms with Crippen molar-refractivity contribution in [1.82, 2.24) is 14.3 Å². The number of aromatic amines is 1. The van der Waals surface area contributed by atoms with Gasteiger partial charge in [0, 0.05) is 13.1 Å². The lowest BCUT2D eigenvalue weighted by molar-refractivity contribution is 0.373. The molecule has 0 spiro atoms. The van der Waals surface area contributed by atoms with Crippen molar-refractivity contribution in [3.8, 4) is 0 Å². The van der Waals surface area contributed by atoms with Crippen LogP contribution in [0.15, 0.2) is 17.6 Å². The Labute approximate surface area is 89.5 Å². The van der Waals surface area contributed by atoms with E-state index in [0.717, 1.165) is 0 Å². The molecule has 0 saturated heterocycles. The Hall–Kier alpha value is -0.920. The summed E-state index contributed by atoms with van der Waals surface area (Å²) in [6, 6.07) is -0.122. The highest BCUT2D eigenvalue weighted by atomic mass is 32.2. The van der Waals surface area contributed by atoms with E-state index in [1.54, 1.807) is 0 Å². The van der Waals surface area contributed by atoms with Crippen LogP contribution in [-0.4, -0.2) is 42.3 Å². The van der Waals surface area contributed by atoms with Crippen LogP contribution in [0.5, 0.6) is 0 Å². The SMILES string of the molecule is CC(CCN)N(C)S(=O)(=O)c1cnc[nH]1. The predicted octanol–water partition coefficient (Wildman–Crippen LogP) is -0.232. The zero-order valence-corrected chi connectivity index (χ0v) is 9.66. The van der Waals surface area contributed by atoms with Crippen molar-refractivity contribution in [3.05, 3.63) is 12.5 Å². The topological polar surface area (TPSA) is 92.1 Å². The Bertz CT molecular complexity index is 387. The summed E-state index contributed by atoms with van der Waals surface area (Å²) in [6.45, 7) is 2.28. The number of nitrogens with two attached hydrogens (primary N) is 1. The normalized spacial score (nSPS) is 14.4. The smallest absolute Gasteiger partial charge is 0.260 e. The molecule has 86 valence electrons. The molecule has 0 aliphatic carbocycles. The first-order valence-corrected chi connectivity index (χ1v) is 6.10. The quantitative estimate of drug-likeness (QED) is 0.733. The molecule has 0 aromatic carbocycles. The van der Waals surface area contributed by atoms with E-state index in [9.17, 15) is 8.42 Å². The van der Waals surface area contributed by atoms with E-state index >= 15 is 0 Å². The molecule has 0 aliphatic heterocycles. The highest BCUT2D eigenvalue weighted by Gasteiger charge is 2.25. The lowest BCUT2D eigenvalue weighted by atomic mass is 10.2. The van der Waals surface area contributed by atoms with Crippen molar-refractivity contribution < 1.29 is 8.42 Å². The minimum absolute atomic E-state index is 0.105. The van der Waals surface area contributed by atoms with Gasteiger partial charge in [-0.15, -0.1) is 0 Å². The number of rotatable bonds is 5. The fourth-order valence-corrected chi connectivity index (χ4v) is 2.48. The second-order valence-electron chi connectivity index (χ2n) is 3.36. The number of H-pyrrole nitrogens is 1. The Morgan fingerprint density at radius 1 is 1.67 bits per heavy atom. The van der Waals surface area contributed by atoms with Gasteiger partial charge in [0.2, 0.25) is 0 Å². The number of nitrogens with one attached hydrogen (secondary N) is 1. The van der Waals surface area contributed by atoms with E-state index in [4.69, 9.17) is 5.73 Å². The number of hydrogen-bond donors (Lipinski definition) is 2. The van der Waals surface area contributed by atoms with Crippen LogP contribution in [0.4, 0.5) is 0 Å². The van der Waals surface area contributed by atoms with Gasteiger partial charge in [-0.25, -0.2) is 13.4 Å². The molecule has 7 heteroatoms. The van der Waals surface area contributed by atoms with Gasteiger partial charge in [0.05, 0.1) is 12.5 Å². The number of sulfonamides is 1. The number of nitrogens with zero attached hydrogens (tertiary/aromatic N) is 2. The Kier molecular flexibility index (Phi) is 3.83. The van der Waals surface area contributed by atoms with E-state index in [1.165, 1.54) is 23.9 Å². The summed E-state index contributed by atoms with van der Waals surface area (Å²) in [4.78, 5) is 6.27. The minimum Gasteiger partial charge on any atom is -0.335 e. The third-order valence-corrected chi connectivity index (χ3v) is 4.23. The predicted molar refractivity (Wildman–Crippen MR) is 56.7 cm³/mol. The summed E-state index contributed by atoms with van der Waals surface area (Å²) in [6.07, 6.45) is 3.26. The molecule has 1 aromatic rings. The average Bonchev–Trinajstić information content (AvgIpc) is 2.70. The highest BCUT2D eigenvalue weighted by molar-refractivity contribution is 7.89. The second-order valence-corrected chi connectivity index (χ2v) is 5.33. The number of imidazole rings is 1. The first-order chi connectivity index (χ1) is 7.00. The third kappa shape index (κ3) is 2.55. The van der Waals surface area contributed by atoms with Crippen molar-refractivity contribution >= 4 is 10.0 Å². The van der Waals surface area contributed by atoms with Gasteiger partial charge in [-0.05, 0) is 19.9 Å². The van der Waals surface area contributed by atoms with Gasteiger partial charge in [-0.2, -0.15) is 4.31 Å². The first-order valence-electron chi connectivity index (χ1n) is 4.66. The Morgan fingerprint density at radius 2 is 2.33 bits per heavy atom. The summed E-state index contributed by atoms with van der Waals surface area (Å²) in [5, 5.41) is 0.105. The average molecular weight is 232 g/mol. The molecule has 0 bridgehead atoms. The van der Waals surface area contributed by atoms with E-state index < -0.39 is 10.0 Å². The zero-order valence-electron chi connectivity index (χ0n) is 8.84. The van der Waals surface area contributed by atoms with Crippen LogP contribution in [-0.2, 0) is 10.0 Å². The van der Waals surface area contributed by atoms with Crippen molar-refractivity contribution in [1.29, 1.82) is 0 Å². The largest absolute Gasteiger partial charge is 0.335 e. The molecular weight excluding hydrogens is 216 g/mol. The van der Waals surface area contributed by atoms with Crippen LogP contribution >= 0.6 is 0 Å². The van der Waals surface area contributed by atoms with Gasteiger partial charge in [0.1, 0.15) is 0 Å². The Morgan fingerprint density at radius 3 is 2.80 bits per heavy atom. The van der Waals surface area contributed by atoms with Gasteiger partial charge in [-0.1, -0.05) is 0 Å². The summed E-state index contributed by atoms with van der Waals surface area (Å²) in [5.74, 6) is 0. The molecular formula is C8H16N4O2S. The fourth-order valence-electron chi connectivity index (χ4n) is 1.20. The van der Waals surface area contributed by atoms with Gasteiger partial charge in [0.25, 0.3) is 10.0 Å². The molecule has 15 heavy (non-hydrogen) atoms. The highest BCUT2D eigenvalue weighted by Crippen LogP contribution is 2.14. The van der Waals surface area contributed by atoms with Gasteiger partial charge < -0.3 is 10.7 Å². The molecule has 0 radical (unpaired) electrons. The summed E-state index contributed by atoms with van der Waals surface area (Å²) in [5.41, 5.74) is 5.39. The van der Waals surface area contributed by atoms with E-state index in [0.29, 0.717) is 13.0 Å². The minimum atomic E-state index is -3.46. The summed E-state index contributed by atoms with van der Waals surface area (Å²) in [7, 11) is -1.92. The number of aromatic nitrogens is 2. The Balaban J connectivity index is 2.88. The van der Waals surface area contributed by atoms with Crippen molar-refractivity contribution in [2.24, 2.45) is 5.73 Å². The van der Waals surface area contributed by atoms with Crippen LogP contribution in [0, 0.1) is 0 Å². The van der Waals surface area contributed by atoms with Gasteiger partial charge in [0.15, 0.2) is 5.03 Å². The lowest BCUT2D eigenvalue weighted by Gasteiger charge is -2.22. The van der Waals surface area contributed by atoms with Crippen LogP contribution in [0.25, 0.3) is 0 Å². The standard InChI is InChI=1S/C8H16N4O2S/c1-7(3-4-9)12(2)15(13,14)8-5-10-6-11-8/h5-7H,3-4,9H2,1-2H3,(H,10,11). The maximum atomic E-state index is 11.9. The van der Waals surface area contributed by atoms with Crippen molar-refractivity contribution in [2.75, 3.05) is 13.6 Å². The van der Waals surface area contributed by atoms with Crippen LogP contribution < -0.4 is 5.73 Å². The van der Waals surface area contributed by atoms with Crippen LogP contribution in [0.1, 0.15) is 13.3 Å². The van der Waals surface area contributed by atoms with Crippen LogP contribution in [0.2, 0.25) is 0 Å². The molecule has 1 aromatic heterocycles. The second kappa shape index (κ2) is 4.73. The van der Waals surface area contributed by atoms with Gasteiger partial charge in [-0.3, -0.25) is 0 Å². The fraction of sp³-hybridized carbons (Fsp3) is 0.625. The molecule has 0 fully saturated rings. The molecule has 1 unspecified atom stereocenters. The maximum Gasteiger partial charge on any atom is 0.260 e. The van der Waals surface area contributed by atoms with E-state index in [-0.39, 0.29) is 11.1 Å². The van der Waals surface area contributed by atoms with E-state index in [1.807, 2.05) is 6.92 Å². The van der Waals surface area contributed by atoms with Crippen molar-refractivity contribution in [3.63, 3.8) is 0 Å². The first kappa shape index (κ1) is 12.2. The molecule has 1 heterocycles. The third-order valence-electron chi connectivity index (χ3n) is 2.34. The molecule has 1 rings (SSSR count). The molecule has 6 nitrogen and oxygen atoms in total. The number of hydrogen-bond acceptors (Lipinski definition) is 4. The van der Waals surface area contributed by atoms with E-state index in [2.05, 4.69) is 9.97 Å². The lowest BCUT2D eigenvalue weighted by Crippen LogP contribution is -2.36. The molecule has 3 N–H and O–H groups in total. The molecule has 0 aliphatic rings. The maximum absolute atomic E-state index is 11.9. The molecule has 1 atom stereocenters. The monoisotopic (exact) mass is 232 g/mol. The zero-order chi connectivity index (χ0) is 11.5. The van der Waals surface area contributed by atoms with Crippen molar-refractivity contribution in [2.45, 2.75) is 24.4 Å². The summed E-state index contributed by atoms with van der Waals surface area (Å²) < 4.78 is 25.1. The van der Waals surface area contributed by atoms with Gasteiger partial charge >= 0.3 is 0 Å².